The molecule has 6 heterocycles. The molecule has 0 amide bonds. The molecule has 4 aromatic heterocycles. The number of thiophene rings is 1. The summed E-state index contributed by atoms with van der Waals surface area (Å²) in [5, 5.41) is 8.24. The van der Waals surface area contributed by atoms with Gasteiger partial charge in [-0.05, 0) is 32.0 Å². The maximum Gasteiger partial charge on any atom is 0.331 e. The number of nitrogens with one attached hydrogen (secondary N) is 1. The number of hydrogen-bond donors (Lipinski definition) is 1. The third kappa shape index (κ3) is 4.16. The maximum absolute atomic E-state index is 13.0. The molecule has 5 aromatic rings. The van der Waals surface area contributed by atoms with Crippen LogP contribution in [0.25, 0.3) is 21.5 Å². The number of nitrogens with zero attached hydrogens (tertiary/aromatic N) is 5. The van der Waals surface area contributed by atoms with Crippen LogP contribution >= 0.6 is 22.9 Å². The molecular weight excluding hydrogens is 552 g/mol. The van der Waals surface area contributed by atoms with E-state index in [1.807, 2.05) is 32.0 Å². The summed E-state index contributed by atoms with van der Waals surface area (Å²) in [6.45, 7) is 5.53. The first-order chi connectivity index (χ1) is 19.4. The molecule has 0 unspecified atom stereocenters. The zero-order valence-electron chi connectivity index (χ0n) is 21.8. The SMILES string of the molecule is CC(C)n1ccc(=O)n(Cc2cc3ncnc(-c4cc(Cl)cc5c4O[C@@H](c4onc6c4CNCC6)C5)c3s2)c1=O. The van der Waals surface area contributed by atoms with E-state index in [2.05, 4.69) is 20.4 Å². The molecule has 1 aromatic carbocycles. The number of hydrogen-bond acceptors (Lipinski definition) is 9. The number of ether oxygens (including phenoxy) is 1. The summed E-state index contributed by atoms with van der Waals surface area (Å²) in [5.74, 6) is 1.45. The molecule has 1 atom stereocenters. The number of halogens is 1. The monoisotopic (exact) mass is 576 g/mol. The Morgan fingerprint density at radius 3 is 2.95 bits per heavy atom. The molecule has 0 saturated carbocycles. The van der Waals surface area contributed by atoms with E-state index in [4.69, 9.17) is 20.9 Å². The van der Waals surface area contributed by atoms with Crippen molar-refractivity contribution in [2.75, 3.05) is 6.54 Å². The highest BCUT2D eigenvalue weighted by atomic mass is 35.5. The Morgan fingerprint density at radius 1 is 1.23 bits per heavy atom. The van der Waals surface area contributed by atoms with Crippen molar-refractivity contribution in [3.05, 3.63) is 90.1 Å². The van der Waals surface area contributed by atoms with E-state index in [0.717, 1.165) is 56.2 Å². The molecular formula is C28H25ClN6O4S. The lowest BCUT2D eigenvalue weighted by Gasteiger charge is -2.14. The summed E-state index contributed by atoms with van der Waals surface area (Å²) in [4.78, 5) is 35.5. The third-order valence-electron chi connectivity index (χ3n) is 7.41. The van der Waals surface area contributed by atoms with Gasteiger partial charge in [0.05, 0.1) is 28.1 Å². The predicted octanol–water partition coefficient (Wildman–Crippen LogP) is 4.27. The molecule has 2 aliphatic rings. The van der Waals surface area contributed by atoms with E-state index in [0.29, 0.717) is 29.4 Å². The van der Waals surface area contributed by atoms with E-state index in [1.165, 1.54) is 28.3 Å². The van der Waals surface area contributed by atoms with E-state index in [-0.39, 0.29) is 29.9 Å². The Balaban J connectivity index is 1.28. The van der Waals surface area contributed by atoms with Crippen molar-refractivity contribution in [2.24, 2.45) is 0 Å². The van der Waals surface area contributed by atoms with Crippen LogP contribution in [0.3, 0.4) is 0 Å². The van der Waals surface area contributed by atoms with Gasteiger partial charge in [-0.15, -0.1) is 11.3 Å². The second-order valence-electron chi connectivity index (χ2n) is 10.3. The van der Waals surface area contributed by atoms with Crippen LogP contribution in [0.5, 0.6) is 5.75 Å². The predicted molar refractivity (Wildman–Crippen MR) is 151 cm³/mol. The first kappa shape index (κ1) is 25.2. The Labute approximate surface area is 237 Å². The van der Waals surface area contributed by atoms with Crippen LogP contribution in [0.15, 0.2) is 50.9 Å². The van der Waals surface area contributed by atoms with Crippen molar-refractivity contribution < 1.29 is 9.26 Å². The van der Waals surface area contributed by atoms with Crippen LogP contribution < -0.4 is 21.3 Å². The zero-order valence-corrected chi connectivity index (χ0v) is 23.4. The summed E-state index contributed by atoms with van der Waals surface area (Å²) >= 11 is 8.03. The molecule has 0 bridgehead atoms. The lowest BCUT2D eigenvalue weighted by molar-refractivity contribution is 0.189. The van der Waals surface area contributed by atoms with Gasteiger partial charge in [0.1, 0.15) is 12.1 Å². The number of benzene rings is 1. The molecule has 0 aliphatic carbocycles. The summed E-state index contributed by atoms with van der Waals surface area (Å²) in [6, 6.07) is 7.02. The smallest absolute Gasteiger partial charge is 0.331 e. The molecule has 40 heavy (non-hydrogen) atoms. The molecule has 204 valence electrons. The van der Waals surface area contributed by atoms with Crippen LogP contribution in [0, 0.1) is 0 Å². The van der Waals surface area contributed by atoms with Crippen LogP contribution in [-0.4, -0.2) is 30.8 Å². The average Bonchev–Trinajstić information content (AvgIpc) is 3.66. The lowest BCUT2D eigenvalue weighted by atomic mass is 10.0. The quantitative estimate of drug-likeness (QED) is 0.330. The minimum absolute atomic E-state index is 0.0632. The molecule has 0 fully saturated rings. The van der Waals surface area contributed by atoms with Crippen LogP contribution in [0.4, 0.5) is 0 Å². The van der Waals surface area contributed by atoms with Gasteiger partial charge in [-0.1, -0.05) is 16.8 Å². The van der Waals surface area contributed by atoms with Crippen LogP contribution in [0.2, 0.25) is 5.02 Å². The van der Waals surface area contributed by atoms with Gasteiger partial charge in [0, 0.05) is 70.8 Å². The molecule has 7 rings (SSSR count). The van der Waals surface area contributed by atoms with Crippen LogP contribution in [-0.2, 0) is 25.9 Å². The fourth-order valence-corrected chi connectivity index (χ4v) is 6.80. The highest BCUT2D eigenvalue weighted by molar-refractivity contribution is 7.19. The largest absolute Gasteiger partial charge is 0.481 e. The molecule has 2 aliphatic heterocycles. The first-order valence-electron chi connectivity index (χ1n) is 13.1. The Morgan fingerprint density at radius 2 is 2.10 bits per heavy atom. The van der Waals surface area contributed by atoms with Gasteiger partial charge in [-0.2, -0.15) is 0 Å². The van der Waals surface area contributed by atoms with E-state index in [9.17, 15) is 9.59 Å². The van der Waals surface area contributed by atoms with E-state index in [1.54, 1.807) is 10.8 Å². The van der Waals surface area contributed by atoms with Crippen molar-refractivity contribution in [1.29, 1.82) is 0 Å². The fourth-order valence-electron chi connectivity index (χ4n) is 5.46. The zero-order chi connectivity index (χ0) is 27.5. The molecule has 12 heteroatoms. The van der Waals surface area contributed by atoms with Crippen molar-refractivity contribution in [2.45, 2.75) is 51.9 Å². The number of rotatable bonds is 5. The number of aromatic nitrogens is 5. The van der Waals surface area contributed by atoms with E-state index < -0.39 is 0 Å². The summed E-state index contributed by atoms with van der Waals surface area (Å²) < 4.78 is 15.9. The maximum atomic E-state index is 13.0. The van der Waals surface area contributed by atoms with Gasteiger partial charge < -0.3 is 14.6 Å². The highest BCUT2D eigenvalue weighted by Gasteiger charge is 2.34. The molecule has 1 N–H and O–H groups in total. The Bertz CT molecular complexity index is 1910. The molecule has 0 spiro atoms. The Hall–Kier alpha value is -3.80. The fraction of sp³-hybridized carbons (Fsp3) is 0.321. The van der Waals surface area contributed by atoms with Gasteiger partial charge in [-0.25, -0.2) is 14.8 Å². The minimum atomic E-state index is -0.345. The average molecular weight is 577 g/mol. The molecule has 0 saturated heterocycles. The van der Waals surface area contributed by atoms with Gasteiger partial charge in [-0.3, -0.25) is 13.9 Å². The van der Waals surface area contributed by atoms with Gasteiger partial charge in [0.25, 0.3) is 5.56 Å². The summed E-state index contributed by atoms with van der Waals surface area (Å²) in [7, 11) is 0. The lowest BCUT2D eigenvalue weighted by Crippen LogP contribution is -2.39. The van der Waals surface area contributed by atoms with Crippen molar-refractivity contribution in [3.63, 3.8) is 0 Å². The first-order valence-corrected chi connectivity index (χ1v) is 14.3. The highest BCUT2D eigenvalue weighted by Crippen LogP contribution is 2.47. The Kier molecular flexibility index (Phi) is 6.10. The van der Waals surface area contributed by atoms with Crippen LogP contribution in [0.1, 0.15) is 53.5 Å². The van der Waals surface area contributed by atoms with E-state index >= 15 is 0 Å². The normalized spacial score (nSPS) is 16.4. The standard InChI is InChI=1S/C28H25ClN6O4S/c1-14(2)34-6-4-23(36)35(28(34)37)12-17-10-21-27(40-17)24(32-13-31-21)18-9-16(29)7-15-8-22(38-25(15)18)26-19-11-30-5-3-20(19)33-39-26/h4,6-7,9-10,13-14,22,30H,3,5,8,11-12H2,1-2H3/t22-/m1/s1. The van der Waals surface area contributed by atoms with Gasteiger partial charge in [0.15, 0.2) is 11.9 Å². The third-order valence-corrected chi connectivity index (χ3v) is 8.75. The second kappa shape index (κ2) is 9.69. The number of fused-ring (bicyclic) bond motifs is 3. The topological polar surface area (TPSA) is 117 Å². The van der Waals surface area contributed by atoms with Crippen molar-refractivity contribution in [3.8, 4) is 17.0 Å². The minimum Gasteiger partial charge on any atom is -0.481 e. The molecule has 10 nitrogen and oxygen atoms in total. The van der Waals surface area contributed by atoms with Crippen molar-refractivity contribution >= 4 is 33.2 Å². The summed E-state index contributed by atoms with van der Waals surface area (Å²) in [5.41, 5.74) is 4.49. The van der Waals surface area contributed by atoms with Gasteiger partial charge >= 0.3 is 5.69 Å². The summed E-state index contributed by atoms with van der Waals surface area (Å²) in [6.07, 6.45) is 4.17. The van der Waals surface area contributed by atoms with Crippen molar-refractivity contribution in [1.82, 2.24) is 29.6 Å². The second-order valence-corrected chi connectivity index (χ2v) is 11.9. The van der Waals surface area contributed by atoms with Gasteiger partial charge in [0.2, 0.25) is 0 Å². The molecule has 0 radical (unpaired) electrons.